The van der Waals surface area contributed by atoms with Crippen LogP contribution in [0.3, 0.4) is 0 Å². The lowest BCUT2D eigenvalue weighted by molar-refractivity contribution is 0.582. The molecule has 0 fully saturated rings. The topological polar surface area (TPSA) is 24.9 Å². The van der Waals surface area contributed by atoms with Gasteiger partial charge in [0.2, 0.25) is 5.95 Å². The fraction of sp³-hybridized carbons (Fsp3) is 0.105. The molecule has 0 radical (unpaired) electrons. The van der Waals surface area contributed by atoms with Crippen LogP contribution >= 0.6 is 0 Å². The van der Waals surface area contributed by atoms with E-state index in [2.05, 4.69) is 40.7 Å². The average molecular weight is 292 g/mol. The highest BCUT2D eigenvalue weighted by Gasteiger charge is 2.08. The van der Waals surface area contributed by atoms with Gasteiger partial charge in [0, 0.05) is 12.6 Å². The van der Waals surface area contributed by atoms with Crippen LogP contribution in [0.25, 0.3) is 12.2 Å². The molecule has 3 heteroatoms. The van der Waals surface area contributed by atoms with Crippen molar-refractivity contribution < 1.29 is 4.39 Å². The summed E-state index contributed by atoms with van der Waals surface area (Å²) in [5.74, 6) is 0.0584. The second-order valence-corrected chi connectivity index (χ2v) is 5.14. The normalized spacial score (nSPS) is 13.6. The summed E-state index contributed by atoms with van der Waals surface area (Å²) in [6.07, 6.45) is 10.7. The van der Waals surface area contributed by atoms with Gasteiger partial charge in [-0.05, 0) is 35.3 Å². The minimum absolute atomic E-state index is 0.469. The summed E-state index contributed by atoms with van der Waals surface area (Å²) >= 11 is 0. The first-order valence-electron chi connectivity index (χ1n) is 7.24. The summed E-state index contributed by atoms with van der Waals surface area (Å²) < 4.78 is 13.7. The Balaban J connectivity index is 1.66. The van der Waals surface area contributed by atoms with E-state index in [0.717, 1.165) is 6.42 Å². The Morgan fingerprint density at radius 3 is 2.68 bits per heavy atom. The van der Waals surface area contributed by atoms with Crippen molar-refractivity contribution in [1.29, 1.82) is 0 Å². The van der Waals surface area contributed by atoms with Crippen molar-refractivity contribution in [1.82, 2.24) is 4.98 Å². The zero-order valence-corrected chi connectivity index (χ0v) is 12.4. The Hall–Kier alpha value is -2.68. The summed E-state index contributed by atoms with van der Waals surface area (Å²) in [6.45, 7) is 0. The second-order valence-electron chi connectivity index (χ2n) is 5.14. The molecule has 1 aromatic heterocycles. The average Bonchev–Trinajstić information content (AvgIpc) is 2.95. The highest BCUT2D eigenvalue weighted by Crippen LogP contribution is 2.25. The number of hydrogen-bond acceptors (Lipinski definition) is 2. The molecular weight excluding hydrogens is 275 g/mol. The first-order chi connectivity index (χ1) is 10.8. The van der Waals surface area contributed by atoms with Gasteiger partial charge in [0.25, 0.3) is 0 Å². The number of pyridine rings is 1. The molecule has 0 bridgehead atoms. The van der Waals surface area contributed by atoms with Crippen LogP contribution in [0.5, 0.6) is 0 Å². The third kappa shape index (κ3) is 3.14. The summed E-state index contributed by atoms with van der Waals surface area (Å²) in [6, 6.07) is 11.8. The van der Waals surface area contributed by atoms with Crippen molar-refractivity contribution in [3.8, 4) is 0 Å². The zero-order valence-electron chi connectivity index (χ0n) is 12.4. The molecule has 1 aliphatic carbocycles. The molecule has 0 saturated carbocycles. The highest BCUT2D eigenvalue weighted by molar-refractivity contribution is 5.66. The van der Waals surface area contributed by atoms with Gasteiger partial charge in [-0.2, -0.15) is 4.39 Å². The van der Waals surface area contributed by atoms with Gasteiger partial charge in [0.1, 0.15) is 5.82 Å². The molecule has 22 heavy (non-hydrogen) atoms. The van der Waals surface area contributed by atoms with Crippen LogP contribution in [-0.4, -0.2) is 12.0 Å². The SMILES string of the molecule is CNc1ccc(/C=C/C=C/C2=Cc3ccccc3C2)c(F)n1. The monoisotopic (exact) mass is 292 g/mol. The molecule has 110 valence electrons. The molecule has 3 rings (SSSR count). The maximum absolute atomic E-state index is 13.7. The van der Waals surface area contributed by atoms with Crippen molar-refractivity contribution >= 4 is 18.0 Å². The van der Waals surface area contributed by atoms with Gasteiger partial charge in [0.05, 0.1) is 0 Å². The Morgan fingerprint density at radius 2 is 1.91 bits per heavy atom. The number of benzene rings is 1. The largest absolute Gasteiger partial charge is 0.373 e. The van der Waals surface area contributed by atoms with Crippen LogP contribution in [0.4, 0.5) is 10.2 Å². The third-order valence-electron chi connectivity index (χ3n) is 3.62. The number of rotatable bonds is 4. The predicted molar refractivity (Wildman–Crippen MR) is 90.0 cm³/mol. The van der Waals surface area contributed by atoms with Gasteiger partial charge in [-0.15, -0.1) is 0 Å². The van der Waals surface area contributed by atoms with Gasteiger partial charge < -0.3 is 5.32 Å². The highest BCUT2D eigenvalue weighted by atomic mass is 19.1. The van der Waals surface area contributed by atoms with E-state index in [1.807, 2.05) is 18.2 Å². The summed E-state index contributed by atoms with van der Waals surface area (Å²) in [7, 11) is 1.72. The second kappa shape index (κ2) is 6.39. The molecule has 2 aromatic rings. The van der Waals surface area contributed by atoms with Crippen molar-refractivity contribution in [3.05, 3.63) is 82.8 Å². The lowest BCUT2D eigenvalue weighted by Crippen LogP contribution is -1.95. The van der Waals surface area contributed by atoms with E-state index in [4.69, 9.17) is 0 Å². The molecular formula is C19H17FN2. The van der Waals surface area contributed by atoms with Gasteiger partial charge >= 0.3 is 0 Å². The molecule has 0 amide bonds. The molecule has 0 saturated heterocycles. The molecule has 0 atom stereocenters. The summed E-state index contributed by atoms with van der Waals surface area (Å²) in [5, 5.41) is 2.81. The third-order valence-corrected chi connectivity index (χ3v) is 3.62. The molecule has 2 nitrogen and oxygen atoms in total. The maximum atomic E-state index is 13.7. The Labute approximate surface area is 129 Å². The Kier molecular flexibility index (Phi) is 4.15. The number of halogens is 1. The van der Waals surface area contributed by atoms with Crippen LogP contribution in [-0.2, 0) is 6.42 Å². The van der Waals surface area contributed by atoms with E-state index < -0.39 is 5.95 Å². The lowest BCUT2D eigenvalue weighted by Gasteiger charge is -2.00. The standard InChI is InChI=1S/C19H17FN2/c1-21-18-11-10-15(19(20)22-18)7-3-2-6-14-12-16-8-4-5-9-17(16)13-14/h2-12H,13H2,1H3,(H,21,22)/b6-2+,7-3+. The van der Waals surface area contributed by atoms with Crippen LogP contribution < -0.4 is 5.32 Å². The van der Waals surface area contributed by atoms with Crippen molar-refractivity contribution in [3.63, 3.8) is 0 Å². The first kappa shape index (κ1) is 14.3. The Morgan fingerprint density at radius 1 is 1.09 bits per heavy atom. The van der Waals surface area contributed by atoms with Crippen LogP contribution in [0.2, 0.25) is 0 Å². The molecule has 1 N–H and O–H groups in total. The van der Waals surface area contributed by atoms with E-state index in [1.165, 1.54) is 16.7 Å². The van der Waals surface area contributed by atoms with Gasteiger partial charge in [-0.3, -0.25) is 0 Å². The number of fused-ring (bicyclic) bond motifs is 1. The fourth-order valence-electron chi connectivity index (χ4n) is 2.46. The zero-order chi connectivity index (χ0) is 15.4. The Bertz CT molecular complexity index is 773. The van der Waals surface area contributed by atoms with Crippen LogP contribution in [0.1, 0.15) is 16.7 Å². The number of hydrogen-bond donors (Lipinski definition) is 1. The number of anilines is 1. The number of nitrogens with one attached hydrogen (secondary N) is 1. The maximum Gasteiger partial charge on any atom is 0.222 e. The van der Waals surface area contributed by atoms with Gasteiger partial charge in [-0.1, -0.05) is 54.6 Å². The number of aromatic nitrogens is 1. The fourth-order valence-corrected chi connectivity index (χ4v) is 2.46. The molecule has 1 aliphatic rings. The molecule has 1 heterocycles. The lowest BCUT2D eigenvalue weighted by atomic mass is 10.1. The number of allylic oxidation sites excluding steroid dienone is 4. The van der Waals surface area contributed by atoms with Crippen molar-refractivity contribution in [2.24, 2.45) is 0 Å². The van der Waals surface area contributed by atoms with Gasteiger partial charge in [-0.25, -0.2) is 4.98 Å². The minimum Gasteiger partial charge on any atom is -0.373 e. The summed E-state index contributed by atoms with van der Waals surface area (Å²) in [5.41, 5.74) is 4.37. The van der Waals surface area contributed by atoms with Crippen molar-refractivity contribution in [2.75, 3.05) is 12.4 Å². The van der Waals surface area contributed by atoms with Crippen molar-refractivity contribution in [2.45, 2.75) is 6.42 Å². The van der Waals surface area contributed by atoms with Crippen LogP contribution in [0.15, 0.2) is 60.2 Å². The van der Waals surface area contributed by atoms with E-state index in [-0.39, 0.29) is 0 Å². The molecule has 0 aliphatic heterocycles. The first-order valence-corrected chi connectivity index (χ1v) is 7.24. The van der Waals surface area contributed by atoms with Gasteiger partial charge in [0.15, 0.2) is 0 Å². The van der Waals surface area contributed by atoms with Crippen LogP contribution in [0, 0.1) is 5.95 Å². The molecule has 0 spiro atoms. The van der Waals surface area contributed by atoms with E-state index in [9.17, 15) is 4.39 Å². The van der Waals surface area contributed by atoms with E-state index >= 15 is 0 Å². The molecule has 0 unspecified atom stereocenters. The van der Waals surface area contributed by atoms with E-state index in [0.29, 0.717) is 11.4 Å². The number of nitrogens with zero attached hydrogens (tertiary/aromatic N) is 1. The quantitative estimate of drug-likeness (QED) is 0.664. The van der Waals surface area contributed by atoms with E-state index in [1.54, 1.807) is 25.3 Å². The predicted octanol–water partition coefficient (Wildman–Crippen LogP) is 4.47. The molecule has 1 aromatic carbocycles. The summed E-state index contributed by atoms with van der Waals surface area (Å²) in [4.78, 5) is 3.81. The smallest absolute Gasteiger partial charge is 0.222 e. The minimum atomic E-state index is -0.469.